The van der Waals surface area contributed by atoms with Crippen molar-refractivity contribution in [1.82, 2.24) is 0 Å². The van der Waals surface area contributed by atoms with Gasteiger partial charge in [0.05, 0.1) is 0 Å². The monoisotopic (exact) mass is 110 g/mol. The first-order chi connectivity index (χ1) is 3.91. The average molecular weight is 110 g/mol. The lowest BCUT2D eigenvalue weighted by molar-refractivity contribution is 1.27. The van der Waals surface area contributed by atoms with E-state index >= 15 is 0 Å². The standard InChI is InChI=1S/C6H10N2/c1-3-5-6-8-7-4-2/h3-6H,1-2H3/b5-3+,7-4+,8-6+. The summed E-state index contributed by atoms with van der Waals surface area (Å²) in [5.41, 5.74) is 0. The van der Waals surface area contributed by atoms with Gasteiger partial charge >= 0.3 is 0 Å². The van der Waals surface area contributed by atoms with E-state index in [0.717, 1.165) is 0 Å². The Morgan fingerprint density at radius 3 is 2.38 bits per heavy atom. The van der Waals surface area contributed by atoms with Gasteiger partial charge in [0, 0.05) is 12.4 Å². The molecule has 0 saturated heterocycles. The normalized spacial score (nSPS) is 12.8. The maximum Gasteiger partial charge on any atom is 0.0492 e. The van der Waals surface area contributed by atoms with Crippen LogP contribution in [0.1, 0.15) is 13.8 Å². The molecule has 0 bridgehead atoms. The SMILES string of the molecule is C/C=C/C=N/N=C/C. The molecule has 0 heterocycles. The van der Waals surface area contributed by atoms with E-state index in [1.807, 2.05) is 26.0 Å². The van der Waals surface area contributed by atoms with Gasteiger partial charge < -0.3 is 0 Å². The van der Waals surface area contributed by atoms with Gasteiger partial charge in [0.2, 0.25) is 0 Å². The minimum atomic E-state index is 1.64. The molecule has 0 aromatic carbocycles. The molecule has 0 rings (SSSR count). The van der Waals surface area contributed by atoms with Crippen molar-refractivity contribution >= 4 is 12.4 Å². The second kappa shape index (κ2) is 6.08. The van der Waals surface area contributed by atoms with Crippen LogP contribution in [0.15, 0.2) is 22.4 Å². The molecule has 0 N–H and O–H groups in total. The smallest absolute Gasteiger partial charge is 0.0492 e. The minimum absolute atomic E-state index is 1.64. The van der Waals surface area contributed by atoms with Crippen LogP contribution < -0.4 is 0 Å². The number of nitrogens with zero attached hydrogens (tertiary/aromatic N) is 2. The second-order valence-electron chi connectivity index (χ2n) is 1.16. The highest BCUT2D eigenvalue weighted by atomic mass is 15.2. The summed E-state index contributed by atoms with van der Waals surface area (Å²) in [6, 6.07) is 0. The highest BCUT2D eigenvalue weighted by Crippen LogP contribution is 1.67. The van der Waals surface area contributed by atoms with E-state index in [2.05, 4.69) is 10.2 Å². The quantitative estimate of drug-likeness (QED) is 0.381. The van der Waals surface area contributed by atoms with Gasteiger partial charge in [-0.05, 0) is 19.9 Å². The van der Waals surface area contributed by atoms with Crippen molar-refractivity contribution in [1.29, 1.82) is 0 Å². The zero-order valence-electron chi connectivity index (χ0n) is 5.20. The predicted molar refractivity (Wildman–Crippen MR) is 37.5 cm³/mol. The Kier molecular flexibility index (Phi) is 5.38. The third-order valence-electron chi connectivity index (χ3n) is 0.527. The lowest BCUT2D eigenvalue weighted by atomic mass is 10.6. The molecule has 44 valence electrons. The van der Waals surface area contributed by atoms with Crippen molar-refractivity contribution < 1.29 is 0 Å². The summed E-state index contributed by atoms with van der Waals surface area (Å²) in [5, 5.41) is 7.24. The molecule has 0 aromatic heterocycles. The van der Waals surface area contributed by atoms with Crippen molar-refractivity contribution in [3.63, 3.8) is 0 Å². The van der Waals surface area contributed by atoms with Crippen molar-refractivity contribution in [2.24, 2.45) is 10.2 Å². The topological polar surface area (TPSA) is 24.7 Å². The molecule has 8 heavy (non-hydrogen) atoms. The highest BCUT2D eigenvalue weighted by molar-refractivity contribution is 5.71. The van der Waals surface area contributed by atoms with E-state index in [1.165, 1.54) is 0 Å². The van der Waals surface area contributed by atoms with Gasteiger partial charge in [-0.2, -0.15) is 10.2 Å². The van der Waals surface area contributed by atoms with Crippen LogP contribution >= 0.6 is 0 Å². The van der Waals surface area contributed by atoms with E-state index in [4.69, 9.17) is 0 Å². The van der Waals surface area contributed by atoms with Crippen molar-refractivity contribution in [2.75, 3.05) is 0 Å². The largest absolute Gasteiger partial charge is 0.164 e. The molecule has 2 heteroatoms. The molecule has 0 aromatic rings. The molecule has 0 fully saturated rings. The van der Waals surface area contributed by atoms with E-state index < -0.39 is 0 Å². The summed E-state index contributed by atoms with van der Waals surface area (Å²) < 4.78 is 0. The molecule has 0 aliphatic rings. The molecular weight excluding hydrogens is 100 g/mol. The van der Waals surface area contributed by atoms with Crippen LogP contribution in [0.4, 0.5) is 0 Å². The van der Waals surface area contributed by atoms with Gasteiger partial charge in [-0.25, -0.2) is 0 Å². The van der Waals surface area contributed by atoms with Gasteiger partial charge in [-0.3, -0.25) is 0 Å². The van der Waals surface area contributed by atoms with Crippen LogP contribution in [0.2, 0.25) is 0 Å². The van der Waals surface area contributed by atoms with Crippen molar-refractivity contribution in [3.8, 4) is 0 Å². The van der Waals surface area contributed by atoms with Crippen molar-refractivity contribution in [3.05, 3.63) is 12.2 Å². The van der Waals surface area contributed by atoms with E-state index in [9.17, 15) is 0 Å². The Hall–Kier alpha value is -0.920. The van der Waals surface area contributed by atoms with Gasteiger partial charge in [0.15, 0.2) is 0 Å². The van der Waals surface area contributed by atoms with Crippen LogP contribution in [0.3, 0.4) is 0 Å². The Bertz CT molecular complexity index is 97.7. The Labute approximate surface area is 49.6 Å². The number of hydrogen-bond acceptors (Lipinski definition) is 2. The lowest BCUT2D eigenvalue weighted by Gasteiger charge is -1.68. The van der Waals surface area contributed by atoms with Gasteiger partial charge in [-0.1, -0.05) is 6.08 Å². The summed E-state index contributed by atoms with van der Waals surface area (Å²) in [5.74, 6) is 0. The van der Waals surface area contributed by atoms with Crippen LogP contribution in [0, 0.1) is 0 Å². The fraction of sp³-hybridized carbons (Fsp3) is 0.333. The Morgan fingerprint density at radius 1 is 1.12 bits per heavy atom. The number of allylic oxidation sites excluding steroid dienone is 2. The Morgan fingerprint density at radius 2 is 1.88 bits per heavy atom. The molecule has 0 unspecified atom stereocenters. The first kappa shape index (κ1) is 7.08. The third-order valence-corrected chi connectivity index (χ3v) is 0.527. The summed E-state index contributed by atoms with van der Waals surface area (Å²) in [6.45, 7) is 3.76. The number of rotatable bonds is 2. The maximum atomic E-state index is 3.64. The first-order valence-electron chi connectivity index (χ1n) is 2.54. The van der Waals surface area contributed by atoms with Crippen LogP contribution in [0.25, 0.3) is 0 Å². The molecule has 0 spiro atoms. The molecule has 0 aliphatic heterocycles. The van der Waals surface area contributed by atoms with Crippen LogP contribution in [-0.2, 0) is 0 Å². The summed E-state index contributed by atoms with van der Waals surface area (Å²) in [4.78, 5) is 0. The van der Waals surface area contributed by atoms with Crippen molar-refractivity contribution in [2.45, 2.75) is 13.8 Å². The fourth-order valence-electron chi connectivity index (χ4n) is 0.230. The van der Waals surface area contributed by atoms with E-state index in [0.29, 0.717) is 0 Å². The highest BCUT2D eigenvalue weighted by Gasteiger charge is 1.55. The number of hydrogen-bond donors (Lipinski definition) is 0. The Balaban J connectivity index is 3.35. The third kappa shape index (κ3) is 5.08. The molecule has 0 aliphatic carbocycles. The zero-order valence-corrected chi connectivity index (χ0v) is 5.20. The molecule has 0 saturated carbocycles. The first-order valence-corrected chi connectivity index (χ1v) is 2.54. The minimum Gasteiger partial charge on any atom is -0.164 e. The maximum absolute atomic E-state index is 3.64. The molecule has 2 nitrogen and oxygen atoms in total. The summed E-state index contributed by atoms with van der Waals surface area (Å²) in [7, 11) is 0. The van der Waals surface area contributed by atoms with Crippen LogP contribution in [-0.4, -0.2) is 12.4 Å². The van der Waals surface area contributed by atoms with Gasteiger partial charge in [0.1, 0.15) is 0 Å². The summed E-state index contributed by atoms with van der Waals surface area (Å²) >= 11 is 0. The molecule has 0 atom stereocenters. The average Bonchev–Trinajstić information content (AvgIpc) is 1.81. The molecular formula is C6H10N2. The molecule has 0 amide bonds. The van der Waals surface area contributed by atoms with E-state index in [1.54, 1.807) is 12.4 Å². The zero-order chi connectivity index (χ0) is 6.24. The van der Waals surface area contributed by atoms with E-state index in [-0.39, 0.29) is 0 Å². The lowest BCUT2D eigenvalue weighted by Crippen LogP contribution is -1.60. The van der Waals surface area contributed by atoms with Crippen LogP contribution in [0.5, 0.6) is 0 Å². The second-order valence-corrected chi connectivity index (χ2v) is 1.16. The van der Waals surface area contributed by atoms with Gasteiger partial charge in [-0.15, -0.1) is 0 Å². The van der Waals surface area contributed by atoms with Gasteiger partial charge in [0.25, 0.3) is 0 Å². The predicted octanol–water partition coefficient (Wildman–Crippen LogP) is 1.64. The fourth-order valence-corrected chi connectivity index (χ4v) is 0.230. The summed E-state index contributed by atoms with van der Waals surface area (Å²) in [6.07, 6.45) is 7.00. The molecule has 0 radical (unpaired) electrons.